The van der Waals surface area contributed by atoms with Crippen molar-refractivity contribution in [3.8, 4) is 0 Å². The molecule has 4 nitrogen and oxygen atoms in total. The number of hydrogen-bond donors (Lipinski definition) is 2. The van der Waals surface area contributed by atoms with Gasteiger partial charge in [0.2, 0.25) is 0 Å². The van der Waals surface area contributed by atoms with Gasteiger partial charge in [0.1, 0.15) is 0 Å². The fourth-order valence-corrected chi connectivity index (χ4v) is 3.30. The number of unbranched alkanes of at least 4 members (excludes halogenated alkanes) is 1. The lowest BCUT2D eigenvalue weighted by atomic mass is 9.86. The van der Waals surface area contributed by atoms with Crippen LogP contribution in [0, 0.1) is 12.8 Å². The molecule has 2 rings (SSSR count). The summed E-state index contributed by atoms with van der Waals surface area (Å²) in [5.41, 5.74) is 1.80. The number of aliphatic imine (C=N–C) groups is 1. The maximum atomic E-state index is 12.2. The lowest BCUT2D eigenvalue weighted by Crippen LogP contribution is -2.41. The normalized spacial score (nSPS) is 16.0. The van der Waals surface area contributed by atoms with Crippen molar-refractivity contribution in [2.45, 2.75) is 58.3 Å². The minimum absolute atomic E-state index is 0.120. The van der Waals surface area contributed by atoms with Crippen molar-refractivity contribution in [1.82, 2.24) is 10.6 Å². The van der Waals surface area contributed by atoms with Crippen LogP contribution in [0.25, 0.3) is 0 Å². The highest BCUT2D eigenvalue weighted by molar-refractivity contribution is 6.05. The molecule has 0 unspecified atom stereocenters. The monoisotopic (exact) mass is 329 g/mol. The van der Waals surface area contributed by atoms with E-state index in [4.69, 9.17) is 0 Å². The number of carbonyl (C=O) groups is 1. The van der Waals surface area contributed by atoms with Crippen LogP contribution in [0.4, 0.5) is 0 Å². The maximum absolute atomic E-state index is 12.2. The van der Waals surface area contributed by atoms with Gasteiger partial charge in [0.05, 0.1) is 0 Å². The van der Waals surface area contributed by atoms with Crippen molar-refractivity contribution in [2.75, 3.05) is 13.6 Å². The highest BCUT2D eigenvalue weighted by Gasteiger charge is 2.12. The fourth-order valence-electron chi connectivity index (χ4n) is 3.30. The average Bonchev–Trinajstić information content (AvgIpc) is 2.61. The van der Waals surface area contributed by atoms with Gasteiger partial charge in [-0.2, -0.15) is 0 Å². The molecule has 1 saturated carbocycles. The van der Waals surface area contributed by atoms with Crippen LogP contribution < -0.4 is 10.6 Å². The lowest BCUT2D eigenvalue weighted by Gasteiger charge is -2.21. The average molecular weight is 329 g/mol. The second kappa shape index (κ2) is 10.1. The van der Waals surface area contributed by atoms with Gasteiger partial charge < -0.3 is 5.32 Å². The Morgan fingerprint density at radius 2 is 1.83 bits per heavy atom. The number of amides is 1. The Kier molecular flexibility index (Phi) is 7.80. The van der Waals surface area contributed by atoms with Crippen molar-refractivity contribution in [3.63, 3.8) is 0 Å². The van der Waals surface area contributed by atoms with E-state index in [2.05, 4.69) is 15.6 Å². The van der Waals surface area contributed by atoms with Gasteiger partial charge in [-0.15, -0.1) is 0 Å². The second-order valence-corrected chi connectivity index (χ2v) is 6.82. The van der Waals surface area contributed by atoms with Crippen molar-refractivity contribution in [2.24, 2.45) is 10.9 Å². The maximum Gasteiger partial charge on any atom is 0.257 e. The Hall–Kier alpha value is -1.84. The molecule has 1 aromatic carbocycles. The summed E-state index contributed by atoms with van der Waals surface area (Å²) in [6.07, 6.45) is 10.8. The summed E-state index contributed by atoms with van der Waals surface area (Å²) in [4.78, 5) is 16.3. The summed E-state index contributed by atoms with van der Waals surface area (Å²) in [6, 6.07) is 7.55. The highest BCUT2D eigenvalue weighted by Crippen LogP contribution is 2.27. The molecule has 2 N–H and O–H groups in total. The van der Waals surface area contributed by atoms with Gasteiger partial charge in [-0.1, -0.05) is 62.6 Å². The molecule has 1 aliphatic rings. The summed E-state index contributed by atoms with van der Waals surface area (Å²) in [7, 11) is 1.69. The fraction of sp³-hybridized carbons (Fsp3) is 0.600. The molecule has 4 heteroatoms. The molecular weight excluding hydrogens is 298 g/mol. The van der Waals surface area contributed by atoms with E-state index < -0.39 is 0 Å². The summed E-state index contributed by atoms with van der Waals surface area (Å²) in [5, 5.41) is 6.08. The van der Waals surface area contributed by atoms with Gasteiger partial charge >= 0.3 is 0 Å². The third-order valence-corrected chi connectivity index (χ3v) is 4.83. The Bertz CT molecular complexity index is 530. The molecule has 1 aliphatic carbocycles. The number of rotatable bonds is 6. The van der Waals surface area contributed by atoms with Gasteiger partial charge in [0.15, 0.2) is 5.96 Å². The predicted molar refractivity (Wildman–Crippen MR) is 100 cm³/mol. The smallest absolute Gasteiger partial charge is 0.257 e. The molecule has 0 aromatic heterocycles. The minimum Gasteiger partial charge on any atom is -0.356 e. The Morgan fingerprint density at radius 1 is 1.12 bits per heavy atom. The van der Waals surface area contributed by atoms with Crippen molar-refractivity contribution in [3.05, 3.63) is 35.4 Å². The third-order valence-electron chi connectivity index (χ3n) is 4.83. The molecule has 0 heterocycles. The van der Waals surface area contributed by atoms with Gasteiger partial charge in [-0.25, -0.2) is 0 Å². The second-order valence-electron chi connectivity index (χ2n) is 6.82. The lowest BCUT2D eigenvalue weighted by molar-refractivity contribution is 0.0976. The van der Waals surface area contributed by atoms with Crippen LogP contribution in [0.5, 0.6) is 0 Å². The molecule has 0 bridgehead atoms. The van der Waals surface area contributed by atoms with Crippen molar-refractivity contribution >= 4 is 11.9 Å². The standard InChI is InChI=1S/C20H31N3O/c1-16-11-13-18(14-12-16)19(24)23-20(21-2)22-15-7-6-10-17-8-4-3-5-9-17/h11-14,17H,3-10,15H2,1-2H3,(H2,21,22,23,24). The van der Waals surface area contributed by atoms with Crippen LogP contribution >= 0.6 is 0 Å². The number of hydrogen-bond acceptors (Lipinski definition) is 2. The molecule has 0 saturated heterocycles. The zero-order chi connectivity index (χ0) is 17.2. The molecule has 1 amide bonds. The van der Waals surface area contributed by atoms with Crippen LogP contribution in [0.2, 0.25) is 0 Å². The summed E-state index contributed by atoms with van der Waals surface area (Å²) in [5.74, 6) is 1.38. The Balaban J connectivity index is 1.64. The number of benzene rings is 1. The Morgan fingerprint density at radius 3 is 2.50 bits per heavy atom. The van der Waals surface area contributed by atoms with Crippen LogP contribution in [-0.4, -0.2) is 25.5 Å². The summed E-state index contributed by atoms with van der Waals surface area (Å²) < 4.78 is 0. The number of nitrogens with one attached hydrogen (secondary N) is 2. The van der Waals surface area contributed by atoms with E-state index in [1.165, 1.54) is 44.9 Å². The minimum atomic E-state index is -0.120. The van der Waals surface area contributed by atoms with Crippen LogP contribution in [-0.2, 0) is 0 Å². The first kappa shape index (κ1) is 18.5. The van der Waals surface area contributed by atoms with E-state index >= 15 is 0 Å². The first-order valence-corrected chi connectivity index (χ1v) is 9.27. The van der Waals surface area contributed by atoms with Crippen LogP contribution in [0.1, 0.15) is 67.3 Å². The third kappa shape index (κ3) is 6.34. The molecule has 0 aliphatic heterocycles. The van der Waals surface area contributed by atoms with Gasteiger partial charge in [-0.05, 0) is 31.4 Å². The molecule has 0 spiro atoms. The van der Waals surface area contributed by atoms with Gasteiger partial charge in [-0.3, -0.25) is 15.1 Å². The van der Waals surface area contributed by atoms with E-state index in [1.54, 1.807) is 7.05 Å². The number of nitrogens with zero attached hydrogens (tertiary/aromatic N) is 1. The zero-order valence-electron chi connectivity index (χ0n) is 15.1. The molecule has 132 valence electrons. The Labute approximate surface area is 146 Å². The molecule has 0 radical (unpaired) electrons. The summed E-state index contributed by atoms with van der Waals surface area (Å²) in [6.45, 7) is 2.86. The van der Waals surface area contributed by atoms with E-state index in [0.29, 0.717) is 11.5 Å². The molecule has 1 fully saturated rings. The molecule has 24 heavy (non-hydrogen) atoms. The summed E-state index contributed by atoms with van der Waals surface area (Å²) >= 11 is 0. The molecule has 1 aromatic rings. The quantitative estimate of drug-likeness (QED) is 0.470. The topological polar surface area (TPSA) is 53.5 Å². The largest absolute Gasteiger partial charge is 0.356 e. The SMILES string of the molecule is CN=C(NCCCCC1CCCCC1)NC(=O)c1ccc(C)cc1. The van der Waals surface area contributed by atoms with E-state index in [1.807, 2.05) is 31.2 Å². The zero-order valence-corrected chi connectivity index (χ0v) is 15.1. The van der Waals surface area contributed by atoms with Crippen LogP contribution in [0.15, 0.2) is 29.3 Å². The van der Waals surface area contributed by atoms with E-state index in [0.717, 1.165) is 24.4 Å². The number of aryl methyl sites for hydroxylation is 1. The van der Waals surface area contributed by atoms with E-state index in [9.17, 15) is 4.79 Å². The number of carbonyl (C=O) groups excluding carboxylic acids is 1. The first-order valence-electron chi connectivity index (χ1n) is 9.27. The van der Waals surface area contributed by atoms with Crippen molar-refractivity contribution < 1.29 is 4.79 Å². The van der Waals surface area contributed by atoms with E-state index in [-0.39, 0.29) is 5.91 Å². The molecular formula is C20H31N3O. The molecule has 0 atom stereocenters. The highest BCUT2D eigenvalue weighted by atomic mass is 16.1. The van der Waals surface area contributed by atoms with Crippen LogP contribution in [0.3, 0.4) is 0 Å². The van der Waals surface area contributed by atoms with Gasteiger partial charge in [0.25, 0.3) is 5.91 Å². The predicted octanol–water partition coefficient (Wildman–Crippen LogP) is 4.05. The van der Waals surface area contributed by atoms with Crippen molar-refractivity contribution in [1.29, 1.82) is 0 Å². The number of guanidine groups is 1. The van der Waals surface area contributed by atoms with Gasteiger partial charge in [0, 0.05) is 19.2 Å². The first-order chi connectivity index (χ1) is 11.7.